The van der Waals surface area contributed by atoms with Gasteiger partial charge >= 0.3 is 5.97 Å². The fraction of sp³-hybridized carbons (Fsp3) is 0.800. The van der Waals surface area contributed by atoms with Gasteiger partial charge in [0.25, 0.3) is 0 Å². The molecule has 1 saturated carbocycles. The Morgan fingerprint density at radius 1 is 1.22 bits per heavy atom. The van der Waals surface area contributed by atoms with E-state index in [1.165, 1.54) is 32.1 Å². The summed E-state index contributed by atoms with van der Waals surface area (Å²) in [5, 5.41) is 9.06. The van der Waals surface area contributed by atoms with Crippen molar-refractivity contribution in [1.82, 2.24) is 0 Å². The number of carbonyl (C=O) groups is 1. The number of aliphatic hydroxyl groups is 1. The van der Waals surface area contributed by atoms with Crippen molar-refractivity contribution in [3.8, 4) is 0 Å². The number of ether oxygens (including phenoxy) is 1. The highest BCUT2D eigenvalue weighted by Gasteiger charge is 2.19. The van der Waals surface area contributed by atoms with Crippen LogP contribution in [-0.2, 0) is 9.53 Å². The number of esters is 1. The van der Waals surface area contributed by atoms with Gasteiger partial charge in [-0.2, -0.15) is 0 Å². The Morgan fingerprint density at radius 2 is 1.83 bits per heavy atom. The highest BCUT2D eigenvalue weighted by molar-refractivity contribution is 5.86. The molecule has 0 atom stereocenters. The molecule has 3 nitrogen and oxygen atoms in total. The van der Waals surface area contributed by atoms with E-state index in [1.807, 2.05) is 0 Å². The smallest absolute Gasteiger partial charge is 0.333 e. The number of rotatable bonds is 7. The van der Waals surface area contributed by atoms with Crippen molar-refractivity contribution in [2.24, 2.45) is 11.8 Å². The lowest BCUT2D eigenvalue weighted by Crippen LogP contribution is -2.17. The molecule has 3 heteroatoms. The lowest BCUT2D eigenvalue weighted by Gasteiger charge is -2.27. The van der Waals surface area contributed by atoms with E-state index < -0.39 is 0 Å². The summed E-state index contributed by atoms with van der Waals surface area (Å²) in [5.41, 5.74) is 0.470. The molecule has 1 N–H and O–H groups in total. The summed E-state index contributed by atoms with van der Waals surface area (Å²) >= 11 is 0. The fourth-order valence-corrected chi connectivity index (χ4v) is 2.53. The van der Waals surface area contributed by atoms with Crippen molar-refractivity contribution in [3.05, 3.63) is 12.2 Å². The monoisotopic (exact) mass is 254 g/mol. The quantitative estimate of drug-likeness (QED) is 0.431. The zero-order chi connectivity index (χ0) is 13.4. The molecule has 0 radical (unpaired) electrons. The summed E-state index contributed by atoms with van der Waals surface area (Å²) < 4.78 is 5.06. The van der Waals surface area contributed by atoms with Crippen LogP contribution in [0.5, 0.6) is 0 Å². The van der Waals surface area contributed by atoms with Gasteiger partial charge < -0.3 is 9.84 Å². The van der Waals surface area contributed by atoms with Crippen LogP contribution >= 0.6 is 0 Å². The van der Waals surface area contributed by atoms with Crippen molar-refractivity contribution >= 4 is 5.97 Å². The van der Waals surface area contributed by atoms with E-state index in [-0.39, 0.29) is 5.97 Å². The maximum absolute atomic E-state index is 11.1. The average Bonchev–Trinajstić information content (AvgIpc) is 2.38. The minimum absolute atomic E-state index is 0.279. The van der Waals surface area contributed by atoms with Gasteiger partial charge in [0.05, 0.1) is 6.61 Å². The summed E-state index contributed by atoms with van der Waals surface area (Å²) in [6, 6.07) is 0. The van der Waals surface area contributed by atoms with Crippen LogP contribution in [0.25, 0.3) is 0 Å². The number of hydrogen-bond acceptors (Lipinski definition) is 3. The second-order valence-corrected chi connectivity index (χ2v) is 5.48. The van der Waals surface area contributed by atoms with Crippen LogP contribution in [0.2, 0.25) is 0 Å². The highest BCUT2D eigenvalue weighted by atomic mass is 16.5. The normalized spacial score (nSPS) is 23.7. The van der Waals surface area contributed by atoms with Crippen LogP contribution in [0, 0.1) is 11.8 Å². The Labute approximate surface area is 110 Å². The van der Waals surface area contributed by atoms with Crippen LogP contribution in [-0.4, -0.2) is 24.3 Å². The van der Waals surface area contributed by atoms with Crippen LogP contribution in [0.1, 0.15) is 51.9 Å². The fourth-order valence-electron chi connectivity index (χ4n) is 2.53. The van der Waals surface area contributed by atoms with Gasteiger partial charge in [-0.3, -0.25) is 0 Å². The van der Waals surface area contributed by atoms with E-state index >= 15 is 0 Å². The molecule has 0 aromatic carbocycles. The third-order valence-electron chi connectivity index (χ3n) is 3.81. The topological polar surface area (TPSA) is 46.5 Å². The molecule has 1 aliphatic carbocycles. The highest BCUT2D eigenvalue weighted by Crippen LogP contribution is 2.31. The molecule has 1 fully saturated rings. The molecule has 0 aromatic heterocycles. The van der Waals surface area contributed by atoms with Crippen molar-refractivity contribution in [2.75, 3.05) is 13.2 Å². The molecule has 104 valence electrons. The number of hydrogen-bond donors (Lipinski definition) is 1. The van der Waals surface area contributed by atoms with Crippen LogP contribution in [0.15, 0.2) is 12.2 Å². The summed E-state index contributed by atoms with van der Waals surface area (Å²) in [7, 11) is 0. The van der Waals surface area contributed by atoms with Gasteiger partial charge in [-0.05, 0) is 44.4 Å². The van der Waals surface area contributed by atoms with Gasteiger partial charge in [0.15, 0.2) is 0 Å². The first-order valence-electron chi connectivity index (χ1n) is 7.07. The summed E-state index contributed by atoms with van der Waals surface area (Å²) in [5.74, 6) is 1.07. The molecule has 0 amide bonds. The van der Waals surface area contributed by atoms with Crippen LogP contribution in [0.3, 0.4) is 0 Å². The second-order valence-electron chi connectivity index (χ2n) is 5.48. The van der Waals surface area contributed by atoms with Crippen molar-refractivity contribution in [3.63, 3.8) is 0 Å². The average molecular weight is 254 g/mol. The SMILES string of the molecule is C=C(C)C(=O)OCCCCC1CCC(CO)CC1. The Balaban J connectivity index is 1.99. The molecule has 0 aromatic rings. The van der Waals surface area contributed by atoms with E-state index in [1.54, 1.807) is 6.92 Å². The summed E-state index contributed by atoms with van der Waals surface area (Å²) in [6.07, 6.45) is 8.13. The van der Waals surface area contributed by atoms with Gasteiger partial charge in [-0.25, -0.2) is 4.79 Å². The molecular formula is C15H26O3. The third-order valence-corrected chi connectivity index (χ3v) is 3.81. The minimum atomic E-state index is -0.279. The molecule has 0 spiro atoms. The van der Waals surface area contributed by atoms with E-state index in [0.717, 1.165) is 18.8 Å². The molecular weight excluding hydrogens is 228 g/mol. The van der Waals surface area contributed by atoms with Gasteiger partial charge in [0.2, 0.25) is 0 Å². The van der Waals surface area contributed by atoms with Gasteiger partial charge in [-0.1, -0.05) is 25.8 Å². The van der Waals surface area contributed by atoms with E-state index in [0.29, 0.717) is 24.7 Å². The second kappa shape index (κ2) is 8.30. The standard InChI is InChI=1S/C15H26O3/c1-12(2)15(17)18-10-4-3-5-13-6-8-14(11-16)9-7-13/h13-14,16H,1,3-11H2,2H3. The van der Waals surface area contributed by atoms with Crippen LogP contribution < -0.4 is 0 Å². The number of aliphatic hydroxyl groups excluding tert-OH is 1. The number of carbonyl (C=O) groups excluding carboxylic acids is 1. The first-order valence-corrected chi connectivity index (χ1v) is 7.07. The minimum Gasteiger partial charge on any atom is -0.462 e. The molecule has 1 aliphatic rings. The lowest BCUT2D eigenvalue weighted by molar-refractivity contribution is -0.139. The molecule has 18 heavy (non-hydrogen) atoms. The predicted molar refractivity (Wildman–Crippen MR) is 72.2 cm³/mol. The van der Waals surface area contributed by atoms with Crippen LogP contribution in [0.4, 0.5) is 0 Å². The maximum Gasteiger partial charge on any atom is 0.333 e. The van der Waals surface area contributed by atoms with E-state index in [4.69, 9.17) is 9.84 Å². The molecule has 0 aliphatic heterocycles. The largest absolute Gasteiger partial charge is 0.462 e. The lowest BCUT2D eigenvalue weighted by atomic mass is 9.80. The molecule has 1 rings (SSSR count). The predicted octanol–water partition coefficient (Wildman–Crippen LogP) is 3.07. The zero-order valence-electron chi connectivity index (χ0n) is 11.5. The number of unbranched alkanes of at least 4 members (excludes halogenated alkanes) is 1. The van der Waals surface area contributed by atoms with Crippen molar-refractivity contribution < 1.29 is 14.6 Å². The maximum atomic E-state index is 11.1. The molecule has 0 heterocycles. The third kappa shape index (κ3) is 5.67. The van der Waals surface area contributed by atoms with Crippen molar-refractivity contribution in [2.45, 2.75) is 51.9 Å². The Kier molecular flexibility index (Phi) is 7.02. The first-order chi connectivity index (χ1) is 8.63. The molecule has 0 unspecified atom stereocenters. The van der Waals surface area contributed by atoms with Gasteiger partial charge in [-0.15, -0.1) is 0 Å². The Bertz CT molecular complexity index is 265. The zero-order valence-corrected chi connectivity index (χ0v) is 11.5. The summed E-state index contributed by atoms with van der Waals surface area (Å²) in [6.45, 7) is 6.08. The molecule has 0 saturated heterocycles. The Morgan fingerprint density at radius 3 is 2.39 bits per heavy atom. The van der Waals surface area contributed by atoms with Gasteiger partial charge in [0.1, 0.15) is 0 Å². The van der Waals surface area contributed by atoms with E-state index in [9.17, 15) is 4.79 Å². The summed E-state index contributed by atoms with van der Waals surface area (Å²) in [4.78, 5) is 11.1. The van der Waals surface area contributed by atoms with Gasteiger partial charge in [0, 0.05) is 12.2 Å². The van der Waals surface area contributed by atoms with E-state index in [2.05, 4.69) is 6.58 Å². The Hall–Kier alpha value is -0.830. The first kappa shape index (κ1) is 15.2. The van der Waals surface area contributed by atoms with Crippen molar-refractivity contribution in [1.29, 1.82) is 0 Å². The molecule has 0 bridgehead atoms.